The van der Waals surface area contributed by atoms with E-state index in [4.69, 9.17) is 0 Å². The van der Waals surface area contributed by atoms with E-state index in [1.54, 1.807) is 12.1 Å². The highest BCUT2D eigenvalue weighted by molar-refractivity contribution is 5.95. The molecule has 0 aliphatic rings. The number of benzene rings is 1. The second kappa shape index (κ2) is 6.08. The van der Waals surface area contributed by atoms with E-state index in [0.717, 1.165) is 18.6 Å². The number of Topliss-reactive ketones (excluding diaryl/α,β-unsaturated/α-hetero) is 1. The van der Waals surface area contributed by atoms with Crippen LogP contribution in [0, 0.1) is 0 Å². The van der Waals surface area contributed by atoms with Crippen LogP contribution in [0.1, 0.15) is 35.7 Å². The molecule has 0 amide bonds. The molecule has 0 saturated heterocycles. The minimum Gasteiger partial charge on any atom is -0.294 e. The summed E-state index contributed by atoms with van der Waals surface area (Å²) < 4.78 is 37.4. The zero-order valence-electron chi connectivity index (χ0n) is 11.4. The van der Waals surface area contributed by atoms with Gasteiger partial charge in [0.15, 0.2) is 5.78 Å². The van der Waals surface area contributed by atoms with E-state index in [9.17, 15) is 18.0 Å². The zero-order chi connectivity index (χ0) is 15.5. The minimum atomic E-state index is -4.34. The van der Waals surface area contributed by atoms with E-state index in [1.807, 2.05) is 6.92 Å². The van der Waals surface area contributed by atoms with Gasteiger partial charge in [0.1, 0.15) is 0 Å². The van der Waals surface area contributed by atoms with Gasteiger partial charge in [-0.3, -0.25) is 9.78 Å². The Morgan fingerprint density at radius 1 is 1.10 bits per heavy atom. The number of nitrogens with zero attached hydrogens (tertiary/aromatic N) is 1. The summed E-state index contributed by atoms with van der Waals surface area (Å²) in [6, 6.07) is 8.08. The van der Waals surface area contributed by atoms with Crippen LogP contribution in [0.25, 0.3) is 11.3 Å². The molecule has 0 radical (unpaired) electrons. The number of halogens is 3. The van der Waals surface area contributed by atoms with Crippen molar-refractivity contribution in [1.29, 1.82) is 0 Å². The van der Waals surface area contributed by atoms with Crippen molar-refractivity contribution in [2.45, 2.75) is 25.9 Å². The number of carbonyl (C=O) groups is 1. The SMILES string of the molecule is CCCC(=O)c1ccc(-c2ccc(C(F)(F)F)cc2)nc1. The molecule has 0 spiro atoms. The quantitative estimate of drug-likeness (QED) is 0.761. The van der Waals surface area contributed by atoms with Gasteiger partial charge in [0, 0.05) is 23.7 Å². The summed E-state index contributed by atoms with van der Waals surface area (Å²) in [5, 5.41) is 0. The molecule has 5 heteroatoms. The average molecular weight is 293 g/mol. The fourth-order valence-corrected chi connectivity index (χ4v) is 1.93. The van der Waals surface area contributed by atoms with Gasteiger partial charge in [-0.15, -0.1) is 0 Å². The van der Waals surface area contributed by atoms with Gasteiger partial charge in [-0.2, -0.15) is 13.2 Å². The summed E-state index contributed by atoms with van der Waals surface area (Å²) in [6.07, 6.45) is -1.66. The van der Waals surface area contributed by atoms with Crippen LogP contribution in [-0.2, 0) is 6.18 Å². The number of carbonyl (C=O) groups excluding carboxylic acids is 1. The van der Waals surface area contributed by atoms with Crippen molar-refractivity contribution in [3.63, 3.8) is 0 Å². The first-order valence-electron chi connectivity index (χ1n) is 6.58. The van der Waals surface area contributed by atoms with E-state index in [2.05, 4.69) is 4.98 Å². The fourth-order valence-electron chi connectivity index (χ4n) is 1.93. The summed E-state index contributed by atoms with van der Waals surface area (Å²) in [5.74, 6) is 0.0176. The molecule has 1 heterocycles. The number of rotatable bonds is 4. The number of hydrogen-bond acceptors (Lipinski definition) is 2. The molecular weight excluding hydrogens is 279 g/mol. The lowest BCUT2D eigenvalue weighted by Gasteiger charge is -2.07. The maximum atomic E-state index is 12.5. The van der Waals surface area contributed by atoms with Gasteiger partial charge in [-0.05, 0) is 30.7 Å². The number of pyridine rings is 1. The Morgan fingerprint density at radius 3 is 2.24 bits per heavy atom. The van der Waals surface area contributed by atoms with Crippen molar-refractivity contribution in [1.82, 2.24) is 4.98 Å². The second-order valence-corrected chi connectivity index (χ2v) is 4.68. The van der Waals surface area contributed by atoms with Gasteiger partial charge >= 0.3 is 6.18 Å². The molecule has 0 fully saturated rings. The van der Waals surface area contributed by atoms with Gasteiger partial charge in [0.25, 0.3) is 0 Å². The maximum Gasteiger partial charge on any atom is 0.416 e. The number of hydrogen-bond donors (Lipinski definition) is 0. The summed E-state index contributed by atoms with van der Waals surface area (Å²) in [6.45, 7) is 1.92. The smallest absolute Gasteiger partial charge is 0.294 e. The Hall–Kier alpha value is -2.17. The minimum absolute atomic E-state index is 0.0176. The predicted octanol–water partition coefficient (Wildman–Crippen LogP) is 4.75. The van der Waals surface area contributed by atoms with Crippen LogP contribution in [0.2, 0.25) is 0 Å². The molecule has 1 aromatic carbocycles. The van der Waals surface area contributed by atoms with Gasteiger partial charge in [0.05, 0.1) is 11.3 Å². The van der Waals surface area contributed by atoms with E-state index in [-0.39, 0.29) is 5.78 Å². The summed E-state index contributed by atoms with van der Waals surface area (Å²) in [7, 11) is 0. The Labute approximate surface area is 120 Å². The Kier molecular flexibility index (Phi) is 4.40. The molecule has 0 aliphatic heterocycles. The van der Waals surface area contributed by atoms with Crippen LogP contribution in [0.3, 0.4) is 0 Å². The lowest BCUT2D eigenvalue weighted by Crippen LogP contribution is -2.04. The third-order valence-corrected chi connectivity index (χ3v) is 3.07. The fraction of sp³-hybridized carbons (Fsp3) is 0.250. The highest BCUT2D eigenvalue weighted by Gasteiger charge is 2.29. The molecule has 2 aromatic rings. The Bertz CT molecular complexity index is 615. The van der Waals surface area contributed by atoms with Crippen LogP contribution >= 0.6 is 0 Å². The predicted molar refractivity (Wildman–Crippen MR) is 73.9 cm³/mol. The van der Waals surface area contributed by atoms with Crippen LogP contribution in [0.5, 0.6) is 0 Å². The molecule has 0 aliphatic carbocycles. The summed E-state index contributed by atoms with van der Waals surface area (Å²) >= 11 is 0. The number of alkyl halides is 3. The maximum absolute atomic E-state index is 12.5. The third-order valence-electron chi connectivity index (χ3n) is 3.07. The lowest BCUT2D eigenvalue weighted by atomic mass is 10.1. The van der Waals surface area contributed by atoms with Crippen molar-refractivity contribution in [3.8, 4) is 11.3 Å². The highest BCUT2D eigenvalue weighted by Crippen LogP contribution is 2.30. The largest absolute Gasteiger partial charge is 0.416 e. The van der Waals surface area contributed by atoms with Gasteiger partial charge in [-0.25, -0.2) is 0 Å². The molecule has 21 heavy (non-hydrogen) atoms. The Morgan fingerprint density at radius 2 is 1.76 bits per heavy atom. The van der Waals surface area contributed by atoms with Crippen LogP contribution < -0.4 is 0 Å². The van der Waals surface area contributed by atoms with Crippen molar-refractivity contribution >= 4 is 5.78 Å². The normalized spacial score (nSPS) is 11.4. The summed E-state index contributed by atoms with van der Waals surface area (Å²) in [5.41, 5.74) is 0.947. The summed E-state index contributed by atoms with van der Waals surface area (Å²) in [4.78, 5) is 15.8. The zero-order valence-corrected chi connectivity index (χ0v) is 11.4. The average Bonchev–Trinajstić information content (AvgIpc) is 2.47. The molecule has 0 bridgehead atoms. The first-order chi connectivity index (χ1) is 9.91. The molecular formula is C16H14F3NO. The first kappa shape index (κ1) is 15.2. The van der Waals surface area contributed by atoms with Crippen molar-refractivity contribution < 1.29 is 18.0 Å². The Balaban J connectivity index is 2.21. The van der Waals surface area contributed by atoms with E-state index >= 15 is 0 Å². The topological polar surface area (TPSA) is 30.0 Å². The lowest BCUT2D eigenvalue weighted by molar-refractivity contribution is -0.137. The molecule has 0 saturated carbocycles. The van der Waals surface area contributed by atoms with Crippen LogP contribution in [0.4, 0.5) is 13.2 Å². The standard InChI is InChI=1S/C16H14F3NO/c1-2-3-15(21)12-6-9-14(20-10-12)11-4-7-13(8-5-11)16(17,18)19/h4-10H,2-3H2,1H3. The molecule has 0 N–H and O–H groups in total. The van der Waals surface area contributed by atoms with Crippen LogP contribution in [-0.4, -0.2) is 10.8 Å². The monoisotopic (exact) mass is 293 g/mol. The molecule has 0 atom stereocenters. The van der Waals surface area contributed by atoms with Crippen molar-refractivity contribution in [3.05, 3.63) is 53.7 Å². The van der Waals surface area contributed by atoms with Gasteiger partial charge < -0.3 is 0 Å². The number of aromatic nitrogens is 1. The highest BCUT2D eigenvalue weighted by atomic mass is 19.4. The second-order valence-electron chi connectivity index (χ2n) is 4.68. The molecule has 2 rings (SSSR count). The van der Waals surface area contributed by atoms with Crippen molar-refractivity contribution in [2.75, 3.05) is 0 Å². The molecule has 110 valence electrons. The third kappa shape index (κ3) is 3.68. The number of ketones is 1. The van der Waals surface area contributed by atoms with E-state index in [1.165, 1.54) is 18.3 Å². The van der Waals surface area contributed by atoms with Gasteiger partial charge in [-0.1, -0.05) is 19.1 Å². The first-order valence-corrected chi connectivity index (χ1v) is 6.58. The van der Waals surface area contributed by atoms with E-state index in [0.29, 0.717) is 23.2 Å². The van der Waals surface area contributed by atoms with Gasteiger partial charge in [0.2, 0.25) is 0 Å². The van der Waals surface area contributed by atoms with Crippen LogP contribution in [0.15, 0.2) is 42.6 Å². The molecule has 2 nitrogen and oxygen atoms in total. The molecule has 1 aromatic heterocycles. The van der Waals surface area contributed by atoms with Crippen molar-refractivity contribution in [2.24, 2.45) is 0 Å². The molecule has 0 unspecified atom stereocenters. The van der Waals surface area contributed by atoms with E-state index < -0.39 is 11.7 Å².